The van der Waals surface area contributed by atoms with Crippen molar-refractivity contribution in [1.82, 2.24) is 9.88 Å². The van der Waals surface area contributed by atoms with Crippen LogP contribution in [0.25, 0.3) is 10.9 Å². The van der Waals surface area contributed by atoms with Crippen LogP contribution in [0.15, 0.2) is 24.3 Å². The van der Waals surface area contributed by atoms with E-state index < -0.39 is 23.7 Å². The van der Waals surface area contributed by atoms with E-state index in [0.29, 0.717) is 10.9 Å². The van der Waals surface area contributed by atoms with Crippen LogP contribution in [0.4, 0.5) is 4.39 Å². The van der Waals surface area contributed by atoms with E-state index in [1.54, 1.807) is 6.07 Å². The lowest BCUT2D eigenvalue weighted by Crippen LogP contribution is -2.52. The molecule has 110 valence electrons. The van der Waals surface area contributed by atoms with E-state index in [1.807, 2.05) is 0 Å². The summed E-state index contributed by atoms with van der Waals surface area (Å²) >= 11 is 0. The number of aliphatic carboxylic acids is 1. The van der Waals surface area contributed by atoms with E-state index in [4.69, 9.17) is 9.84 Å². The second-order valence-electron chi connectivity index (χ2n) is 4.81. The molecule has 21 heavy (non-hydrogen) atoms. The van der Waals surface area contributed by atoms with Gasteiger partial charge in [0.25, 0.3) is 5.91 Å². The molecular weight excluding hydrogens is 279 g/mol. The molecule has 2 heterocycles. The van der Waals surface area contributed by atoms with Gasteiger partial charge in [0.05, 0.1) is 13.2 Å². The molecule has 0 bridgehead atoms. The van der Waals surface area contributed by atoms with Crippen molar-refractivity contribution in [3.8, 4) is 0 Å². The lowest BCUT2D eigenvalue weighted by Gasteiger charge is -2.32. The van der Waals surface area contributed by atoms with Crippen LogP contribution in [0, 0.1) is 5.82 Å². The Balaban J connectivity index is 1.95. The number of aromatic nitrogens is 1. The van der Waals surface area contributed by atoms with Gasteiger partial charge in [-0.1, -0.05) is 6.07 Å². The maximum Gasteiger partial charge on any atom is 0.328 e. The van der Waals surface area contributed by atoms with Gasteiger partial charge in [0.2, 0.25) is 0 Å². The number of benzene rings is 1. The summed E-state index contributed by atoms with van der Waals surface area (Å²) in [5, 5.41) is 9.45. The average molecular weight is 292 g/mol. The van der Waals surface area contributed by atoms with E-state index in [1.165, 1.54) is 23.1 Å². The van der Waals surface area contributed by atoms with Crippen molar-refractivity contribution in [3.63, 3.8) is 0 Å². The van der Waals surface area contributed by atoms with Gasteiger partial charge in [-0.15, -0.1) is 0 Å². The highest BCUT2D eigenvalue weighted by Gasteiger charge is 2.33. The number of nitrogens with zero attached hydrogens (tertiary/aromatic N) is 1. The first-order valence-electron chi connectivity index (χ1n) is 6.46. The second-order valence-corrected chi connectivity index (χ2v) is 4.81. The van der Waals surface area contributed by atoms with Crippen LogP contribution < -0.4 is 0 Å². The number of amides is 1. The molecule has 1 aromatic heterocycles. The fourth-order valence-corrected chi connectivity index (χ4v) is 2.44. The summed E-state index contributed by atoms with van der Waals surface area (Å²) in [6.45, 7) is 0.424. The van der Waals surface area contributed by atoms with Gasteiger partial charge in [0.1, 0.15) is 11.5 Å². The van der Waals surface area contributed by atoms with Gasteiger partial charge in [-0.2, -0.15) is 0 Å². The summed E-state index contributed by atoms with van der Waals surface area (Å²) in [5.74, 6) is -2.02. The van der Waals surface area contributed by atoms with Crippen molar-refractivity contribution >= 4 is 22.8 Å². The fraction of sp³-hybridized carbons (Fsp3) is 0.286. The Morgan fingerprint density at radius 1 is 1.43 bits per heavy atom. The summed E-state index contributed by atoms with van der Waals surface area (Å²) < 4.78 is 18.7. The fourth-order valence-electron chi connectivity index (χ4n) is 2.44. The summed E-state index contributed by atoms with van der Waals surface area (Å²) in [6, 6.07) is 4.88. The molecule has 1 saturated heterocycles. The van der Waals surface area contributed by atoms with Crippen molar-refractivity contribution in [2.45, 2.75) is 6.04 Å². The number of H-pyrrole nitrogens is 1. The van der Waals surface area contributed by atoms with Crippen LogP contribution >= 0.6 is 0 Å². The number of aromatic amines is 1. The highest BCUT2D eigenvalue weighted by molar-refractivity contribution is 5.99. The van der Waals surface area contributed by atoms with Crippen LogP contribution in [0.5, 0.6) is 0 Å². The number of ether oxygens (including phenoxy) is 1. The smallest absolute Gasteiger partial charge is 0.328 e. The number of carboxylic acids is 1. The van der Waals surface area contributed by atoms with Crippen LogP contribution in [0.1, 0.15) is 10.5 Å². The van der Waals surface area contributed by atoms with Gasteiger partial charge in [-0.3, -0.25) is 4.79 Å². The molecule has 1 aliphatic heterocycles. The van der Waals surface area contributed by atoms with Gasteiger partial charge in [0, 0.05) is 17.4 Å². The highest BCUT2D eigenvalue weighted by atomic mass is 19.1. The van der Waals surface area contributed by atoms with Gasteiger partial charge in [0.15, 0.2) is 6.04 Å². The Labute approximate surface area is 119 Å². The molecule has 1 aliphatic rings. The monoisotopic (exact) mass is 292 g/mol. The maximum absolute atomic E-state index is 13.7. The number of carbonyl (C=O) groups excluding carboxylic acids is 1. The summed E-state index contributed by atoms with van der Waals surface area (Å²) in [4.78, 5) is 27.7. The molecule has 6 nitrogen and oxygen atoms in total. The predicted octanol–water partition coefficient (Wildman–Crippen LogP) is 1.23. The molecule has 0 radical (unpaired) electrons. The minimum absolute atomic E-state index is 0.0460. The molecule has 2 aromatic rings. The Morgan fingerprint density at radius 3 is 2.95 bits per heavy atom. The number of morpholine rings is 1. The van der Waals surface area contributed by atoms with Crippen LogP contribution in [0.3, 0.4) is 0 Å². The van der Waals surface area contributed by atoms with Crippen LogP contribution in [0.2, 0.25) is 0 Å². The number of hydrogen-bond acceptors (Lipinski definition) is 3. The number of fused-ring (bicyclic) bond motifs is 1. The molecule has 0 aliphatic carbocycles. The zero-order valence-corrected chi connectivity index (χ0v) is 11.0. The number of rotatable bonds is 2. The second kappa shape index (κ2) is 5.17. The van der Waals surface area contributed by atoms with Crippen molar-refractivity contribution < 1.29 is 23.8 Å². The van der Waals surface area contributed by atoms with E-state index >= 15 is 0 Å². The third kappa shape index (κ3) is 2.36. The quantitative estimate of drug-likeness (QED) is 0.872. The summed E-state index contributed by atoms with van der Waals surface area (Å²) in [6.07, 6.45) is 0. The van der Waals surface area contributed by atoms with Gasteiger partial charge >= 0.3 is 5.97 Å². The number of halogens is 1. The summed E-state index contributed by atoms with van der Waals surface area (Å²) in [5.41, 5.74) is 0.668. The van der Waals surface area contributed by atoms with Crippen molar-refractivity contribution in [1.29, 1.82) is 0 Å². The molecule has 3 rings (SSSR count). The van der Waals surface area contributed by atoms with Crippen LogP contribution in [-0.2, 0) is 9.53 Å². The largest absolute Gasteiger partial charge is 0.480 e. The minimum Gasteiger partial charge on any atom is -0.480 e. The Kier molecular flexibility index (Phi) is 3.34. The zero-order chi connectivity index (χ0) is 15.0. The van der Waals surface area contributed by atoms with E-state index in [2.05, 4.69) is 4.98 Å². The molecule has 1 aromatic carbocycles. The molecule has 1 atom stereocenters. The van der Waals surface area contributed by atoms with Gasteiger partial charge < -0.3 is 19.7 Å². The van der Waals surface area contributed by atoms with Crippen molar-refractivity contribution in [2.24, 2.45) is 0 Å². The van der Waals surface area contributed by atoms with Gasteiger partial charge in [-0.05, 0) is 18.2 Å². The summed E-state index contributed by atoms with van der Waals surface area (Å²) in [7, 11) is 0. The van der Waals surface area contributed by atoms with Crippen molar-refractivity contribution in [2.75, 3.05) is 19.8 Å². The SMILES string of the molecule is O=C(O)[C@@H]1COCCN1C(=O)c1cc2c(F)cccc2[nH]1. The number of hydrogen-bond donors (Lipinski definition) is 2. The topological polar surface area (TPSA) is 82.6 Å². The third-order valence-corrected chi connectivity index (χ3v) is 3.52. The third-order valence-electron chi connectivity index (χ3n) is 3.52. The first-order chi connectivity index (χ1) is 10.1. The molecule has 0 spiro atoms. The van der Waals surface area contributed by atoms with E-state index in [0.717, 1.165) is 0 Å². The van der Waals surface area contributed by atoms with E-state index in [-0.39, 0.29) is 25.5 Å². The highest BCUT2D eigenvalue weighted by Crippen LogP contribution is 2.21. The molecule has 1 amide bonds. The average Bonchev–Trinajstić information content (AvgIpc) is 2.92. The standard InChI is InChI=1S/C14H13FN2O4/c15-9-2-1-3-10-8(9)6-11(16-10)13(18)17-4-5-21-7-12(17)14(19)20/h1-3,6,12,16H,4-5,7H2,(H,19,20)/t12-/m0/s1. The molecule has 7 heteroatoms. The van der Waals surface area contributed by atoms with Crippen molar-refractivity contribution in [3.05, 3.63) is 35.8 Å². The molecular formula is C14H13FN2O4. The number of carbonyl (C=O) groups is 2. The molecule has 2 N–H and O–H groups in total. The first-order valence-corrected chi connectivity index (χ1v) is 6.46. The molecule has 1 fully saturated rings. The Morgan fingerprint density at radius 2 is 2.24 bits per heavy atom. The minimum atomic E-state index is -1.12. The molecule has 0 saturated carbocycles. The lowest BCUT2D eigenvalue weighted by atomic mass is 10.2. The molecule has 0 unspecified atom stereocenters. The maximum atomic E-state index is 13.7. The predicted molar refractivity (Wildman–Crippen MR) is 71.5 cm³/mol. The first kappa shape index (κ1) is 13.6. The lowest BCUT2D eigenvalue weighted by molar-refractivity contribution is -0.147. The van der Waals surface area contributed by atoms with Gasteiger partial charge in [-0.25, -0.2) is 9.18 Å². The Bertz CT molecular complexity index is 712. The zero-order valence-electron chi connectivity index (χ0n) is 11.0. The number of carboxylic acid groups (broad SMARTS) is 1. The number of nitrogens with one attached hydrogen (secondary N) is 1. The van der Waals surface area contributed by atoms with E-state index in [9.17, 15) is 14.0 Å². The van der Waals surface area contributed by atoms with Crippen LogP contribution in [-0.4, -0.2) is 52.7 Å². The normalized spacial score (nSPS) is 18.9. The Hall–Kier alpha value is -2.41.